The number of carboxylic acid groups (broad SMARTS) is 1. The van der Waals surface area contributed by atoms with Crippen LogP contribution in [0.1, 0.15) is 35.8 Å². The summed E-state index contributed by atoms with van der Waals surface area (Å²) in [7, 11) is -3.69. The van der Waals surface area contributed by atoms with Crippen molar-refractivity contribution in [1.29, 1.82) is 0 Å². The van der Waals surface area contributed by atoms with Crippen LogP contribution < -0.4 is 0 Å². The zero-order valence-corrected chi connectivity index (χ0v) is 14.9. The number of pyridine rings is 1. The van der Waals surface area contributed by atoms with Crippen molar-refractivity contribution in [3.05, 3.63) is 35.5 Å². The monoisotopic (exact) mass is 364 g/mol. The number of fused-ring (bicyclic) bond motifs is 1. The molecule has 0 spiro atoms. The number of aromatic nitrogens is 1. The third kappa shape index (κ3) is 3.37. The van der Waals surface area contributed by atoms with Gasteiger partial charge in [0.2, 0.25) is 10.0 Å². The number of morpholine rings is 1. The molecule has 1 fully saturated rings. The first kappa shape index (κ1) is 17.8. The zero-order chi connectivity index (χ0) is 18.2. The van der Waals surface area contributed by atoms with Crippen molar-refractivity contribution in [3.8, 4) is 0 Å². The Morgan fingerprint density at radius 3 is 2.52 bits per heavy atom. The molecule has 2 heterocycles. The number of carbonyl (C=O) groups is 1. The van der Waals surface area contributed by atoms with Crippen LogP contribution in [0, 0.1) is 0 Å². The van der Waals surface area contributed by atoms with E-state index in [1.165, 1.54) is 22.5 Å². The lowest BCUT2D eigenvalue weighted by Crippen LogP contribution is -2.40. The highest BCUT2D eigenvalue weighted by Crippen LogP contribution is 2.27. The summed E-state index contributed by atoms with van der Waals surface area (Å²) in [5.74, 6) is -1.03. The van der Waals surface area contributed by atoms with Crippen molar-refractivity contribution in [3.63, 3.8) is 0 Å². The van der Waals surface area contributed by atoms with E-state index in [-0.39, 0.29) is 29.5 Å². The van der Waals surface area contributed by atoms with E-state index in [2.05, 4.69) is 4.98 Å². The van der Waals surface area contributed by atoms with E-state index >= 15 is 0 Å². The van der Waals surface area contributed by atoms with E-state index in [1.54, 1.807) is 6.07 Å². The summed E-state index contributed by atoms with van der Waals surface area (Å²) in [5, 5.41) is 9.85. The first-order valence-corrected chi connectivity index (χ1v) is 9.50. The maximum Gasteiger partial charge on any atom is 0.336 e. The Kier molecular flexibility index (Phi) is 4.77. The fraction of sp³-hybridized carbons (Fsp3) is 0.412. The van der Waals surface area contributed by atoms with E-state index in [4.69, 9.17) is 4.74 Å². The van der Waals surface area contributed by atoms with Crippen molar-refractivity contribution in [2.75, 3.05) is 26.3 Å². The number of rotatable bonds is 4. The minimum Gasteiger partial charge on any atom is -0.478 e. The normalized spacial score (nSPS) is 16.4. The van der Waals surface area contributed by atoms with Gasteiger partial charge in [-0.2, -0.15) is 4.31 Å². The first-order valence-electron chi connectivity index (χ1n) is 8.06. The fourth-order valence-corrected chi connectivity index (χ4v) is 4.23. The second kappa shape index (κ2) is 6.70. The average molecular weight is 364 g/mol. The molecule has 134 valence electrons. The maximum atomic E-state index is 12.8. The highest BCUT2D eigenvalue weighted by atomic mass is 32.2. The van der Waals surface area contributed by atoms with Crippen LogP contribution in [0.2, 0.25) is 0 Å². The number of hydrogen-bond acceptors (Lipinski definition) is 5. The molecule has 0 aliphatic carbocycles. The second-order valence-corrected chi connectivity index (χ2v) is 8.19. The summed E-state index contributed by atoms with van der Waals surface area (Å²) in [6, 6.07) is 5.97. The first-order chi connectivity index (χ1) is 11.8. The number of carboxylic acids is 1. The lowest BCUT2D eigenvalue weighted by Gasteiger charge is -2.26. The van der Waals surface area contributed by atoms with E-state index in [0.29, 0.717) is 29.8 Å². The van der Waals surface area contributed by atoms with Crippen LogP contribution in [-0.4, -0.2) is 55.1 Å². The van der Waals surface area contributed by atoms with Crippen LogP contribution >= 0.6 is 0 Å². The summed E-state index contributed by atoms with van der Waals surface area (Å²) in [4.78, 5) is 16.2. The Morgan fingerprint density at radius 1 is 1.24 bits per heavy atom. The highest BCUT2D eigenvalue weighted by Gasteiger charge is 2.27. The molecule has 0 unspecified atom stereocenters. The van der Waals surface area contributed by atoms with Gasteiger partial charge in [-0.15, -0.1) is 0 Å². The van der Waals surface area contributed by atoms with Crippen LogP contribution in [0.4, 0.5) is 0 Å². The van der Waals surface area contributed by atoms with Crippen molar-refractivity contribution in [2.24, 2.45) is 0 Å². The van der Waals surface area contributed by atoms with Crippen molar-refractivity contribution in [1.82, 2.24) is 9.29 Å². The molecule has 1 saturated heterocycles. The predicted octanol–water partition coefficient (Wildman–Crippen LogP) is 2.08. The van der Waals surface area contributed by atoms with Gasteiger partial charge in [-0.05, 0) is 30.2 Å². The lowest BCUT2D eigenvalue weighted by molar-refractivity contribution is 0.0698. The quantitative estimate of drug-likeness (QED) is 0.892. The summed E-state index contributed by atoms with van der Waals surface area (Å²) in [5.41, 5.74) is 1.20. The lowest BCUT2D eigenvalue weighted by atomic mass is 10.0. The molecular formula is C17H20N2O5S. The van der Waals surface area contributed by atoms with E-state index in [9.17, 15) is 18.3 Å². The average Bonchev–Trinajstić information content (AvgIpc) is 2.60. The Hall–Kier alpha value is -2.03. The number of hydrogen-bond donors (Lipinski definition) is 1. The summed E-state index contributed by atoms with van der Waals surface area (Å²) >= 11 is 0. The molecule has 1 aliphatic rings. The third-order valence-corrected chi connectivity index (χ3v) is 6.12. The molecule has 8 heteroatoms. The molecule has 1 aliphatic heterocycles. The molecule has 0 amide bonds. The Bertz CT molecular complexity index is 918. The predicted molar refractivity (Wildman–Crippen MR) is 92.4 cm³/mol. The van der Waals surface area contributed by atoms with Gasteiger partial charge >= 0.3 is 5.97 Å². The molecule has 7 nitrogen and oxygen atoms in total. The molecule has 1 aromatic heterocycles. The van der Waals surface area contributed by atoms with E-state index < -0.39 is 16.0 Å². The number of sulfonamides is 1. The number of nitrogens with zero attached hydrogens (tertiary/aromatic N) is 2. The smallest absolute Gasteiger partial charge is 0.336 e. The van der Waals surface area contributed by atoms with Crippen LogP contribution in [0.5, 0.6) is 0 Å². The van der Waals surface area contributed by atoms with Gasteiger partial charge in [0, 0.05) is 24.2 Å². The van der Waals surface area contributed by atoms with Gasteiger partial charge in [0.05, 0.1) is 29.2 Å². The van der Waals surface area contributed by atoms with Gasteiger partial charge < -0.3 is 9.84 Å². The number of ether oxygens (including phenoxy) is 1. The van der Waals surface area contributed by atoms with Gasteiger partial charge in [0.1, 0.15) is 0 Å². The van der Waals surface area contributed by atoms with Crippen LogP contribution in [0.25, 0.3) is 10.9 Å². The van der Waals surface area contributed by atoms with Crippen LogP contribution in [0.15, 0.2) is 29.2 Å². The van der Waals surface area contributed by atoms with E-state index in [1.807, 2.05) is 13.8 Å². The zero-order valence-electron chi connectivity index (χ0n) is 14.1. The minimum absolute atomic E-state index is 0.0627. The van der Waals surface area contributed by atoms with Gasteiger partial charge in [-0.25, -0.2) is 13.2 Å². The molecule has 25 heavy (non-hydrogen) atoms. The number of aromatic carboxylic acids is 1. The SMILES string of the molecule is CC(C)c1cc(C(=O)O)c2cc(S(=O)(=O)N3CCOCC3)ccc2n1. The molecule has 0 atom stereocenters. The second-order valence-electron chi connectivity index (χ2n) is 6.25. The maximum absolute atomic E-state index is 12.8. The Labute approximate surface area is 146 Å². The Morgan fingerprint density at radius 2 is 1.92 bits per heavy atom. The molecule has 3 rings (SSSR count). The highest BCUT2D eigenvalue weighted by molar-refractivity contribution is 7.89. The van der Waals surface area contributed by atoms with Gasteiger partial charge in [-0.3, -0.25) is 4.98 Å². The standard InChI is InChI=1S/C17H20N2O5S/c1-11(2)16-10-14(17(20)21)13-9-12(3-4-15(13)18-16)25(22,23)19-5-7-24-8-6-19/h3-4,9-11H,5-8H2,1-2H3,(H,20,21). The van der Waals surface area contributed by atoms with Crippen molar-refractivity contribution in [2.45, 2.75) is 24.7 Å². The fourth-order valence-electron chi connectivity index (χ4n) is 2.79. The topological polar surface area (TPSA) is 96.8 Å². The summed E-state index contributed by atoms with van der Waals surface area (Å²) in [6.07, 6.45) is 0. The molecule has 0 saturated carbocycles. The molecule has 0 bridgehead atoms. The van der Waals surface area contributed by atoms with Crippen LogP contribution in [-0.2, 0) is 14.8 Å². The largest absolute Gasteiger partial charge is 0.478 e. The molecule has 1 N–H and O–H groups in total. The minimum atomic E-state index is -3.69. The Balaban J connectivity index is 2.14. The van der Waals surface area contributed by atoms with Gasteiger partial charge in [0.15, 0.2) is 0 Å². The van der Waals surface area contributed by atoms with Gasteiger partial charge in [-0.1, -0.05) is 13.8 Å². The van der Waals surface area contributed by atoms with Crippen molar-refractivity contribution < 1.29 is 23.1 Å². The van der Waals surface area contributed by atoms with Crippen molar-refractivity contribution >= 4 is 26.9 Å². The number of benzene rings is 1. The molecular weight excluding hydrogens is 344 g/mol. The van der Waals surface area contributed by atoms with E-state index in [0.717, 1.165) is 0 Å². The summed E-state index contributed by atoms with van der Waals surface area (Å²) in [6.45, 7) is 5.14. The molecule has 2 aromatic rings. The van der Waals surface area contributed by atoms with Gasteiger partial charge in [0.25, 0.3) is 0 Å². The summed E-state index contributed by atoms with van der Waals surface area (Å²) < 4.78 is 32.1. The van der Waals surface area contributed by atoms with Crippen LogP contribution in [0.3, 0.4) is 0 Å². The molecule has 1 aromatic carbocycles. The third-order valence-electron chi connectivity index (χ3n) is 4.23. The molecule has 0 radical (unpaired) electrons.